The van der Waals surface area contributed by atoms with Gasteiger partial charge < -0.3 is 15.7 Å². The first-order valence-corrected chi connectivity index (χ1v) is 8.45. The van der Waals surface area contributed by atoms with E-state index in [1.807, 2.05) is 24.3 Å². The molecule has 5 nitrogen and oxygen atoms in total. The van der Waals surface area contributed by atoms with Gasteiger partial charge in [0.15, 0.2) is 0 Å². The highest BCUT2D eigenvalue weighted by molar-refractivity contribution is 5.98. The molecule has 25 heavy (non-hydrogen) atoms. The van der Waals surface area contributed by atoms with Crippen LogP contribution in [0.25, 0.3) is 0 Å². The molecule has 2 aromatic carbocycles. The lowest BCUT2D eigenvalue weighted by molar-refractivity contribution is -0.117. The third kappa shape index (κ3) is 4.25. The molecule has 5 heteroatoms. The zero-order chi connectivity index (χ0) is 17.8. The van der Waals surface area contributed by atoms with E-state index in [2.05, 4.69) is 17.6 Å². The zero-order valence-electron chi connectivity index (χ0n) is 14.2. The molecule has 1 fully saturated rings. The van der Waals surface area contributed by atoms with Gasteiger partial charge in [0.1, 0.15) is 0 Å². The first-order valence-electron chi connectivity index (χ1n) is 8.45. The lowest BCUT2D eigenvalue weighted by atomic mass is 10.1. The molecule has 130 valence electrons. The molecule has 0 heterocycles. The van der Waals surface area contributed by atoms with Crippen LogP contribution >= 0.6 is 0 Å². The Morgan fingerprint density at radius 3 is 2.52 bits per heavy atom. The lowest BCUT2D eigenvalue weighted by Gasteiger charge is -2.10. The van der Waals surface area contributed by atoms with E-state index >= 15 is 0 Å². The zero-order valence-corrected chi connectivity index (χ0v) is 14.2. The predicted molar refractivity (Wildman–Crippen MR) is 95.9 cm³/mol. The molecule has 0 aromatic heterocycles. The molecule has 0 saturated heterocycles. The van der Waals surface area contributed by atoms with Crippen LogP contribution in [0.15, 0.2) is 48.5 Å². The van der Waals surface area contributed by atoms with Gasteiger partial charge in [-0.3, -0.25) is 9.59 Å². The number of nitrogens with one attached hydrogen (secondary N) is 2. The smallest absolute Gasteiger partial charge is 0.251 e. The summed E-state index contributed by atoms with van der Waals surface area (Å²) in [6, 6.07) is 14.3. The minimum atomic E-state index is -0.219. The van der Waals surface area contributed by atoms with E-state index in [9.17, 15) is 14.7 Å². The monoisotopic (exact) mass is 338 g/mol. The average molecular weight is 338 g/mol. The number of carbonyl (C=O) groups excluding carboxylic acids is 2. The highest BCUT2D eigenvalue weighted by atomic mass is 16.3. The maximum absolute atomic E-state index is 12.4. The summed E-state index contributed by atoms with van der Waals surface area (Å²) in [4.78, 5) is 24.4. The predicted octanol–water partition coefficient (Wildman–Crippen LogP) is 2.70. The van der Waals surface area contributed by atoms with Crippen LogP contribution in [0.1, 0.15) is 34.8 Å². The first-order chi connectivity index (χ1) is 12.1. The van der Waals surface area contributed by atoms with Crippen LogP contribution in [0, 0.1) is 11.8 Å². The third-order valence-corrected chi connectivity index (χ3v) is 4.57. The Morgan fingerprint density at radius 1 is 1.12 bits per heavy atom. The van der Waals surface area contributed by atoms with Crippen molar-refractivity contribution in [2.24, 2.45) is 11.8 Å². The summed E-state index contributed by atoms with van der Waals surface area (Å²) < 4.78 is 0. The molecule has 0 radical (unpaired) electrons. The number of hydrogen-bond donors (Lipinski definition) is 3. The number of hydrogen-bond acceptors (Lipinski definition) is 3. The minimum absolute atomic E-state index is 0.0157. The molecule has 0 bridgehead atoms. The molecule has 3 N–H and O–H groups in total. The average Bonchev–Trinajstić information content (AvgIpc) is 3.37. The van der Waals surface area contributed by atoms with Crippen LogP contribution < -0.4 is 10.6 Å². The van der Waals surface area contributed by atoms with E-state index in [0.717, 1.165) is 17.5 Å². The second-order valence-electron chi connectivity index (χ2n) is 6.50. The maximum Gasteiger partial charge on any atom is 0.251 e. The number of amides is 2. The Bertz CT molecular complexity index is 788. The molecule has 1 aliphatic rings. The second kappa shape index (κ2) is 7.49. The molecule has 0 spiro atoms. The van der Waals surface area contributed by atoms with Gasteiger partial charge in [0.05, 0.1) is 6.61 Å². The van der Waals surface area contributed by atoms with Crippen molar-refractivity contribution >= 4 is 17.5 Å². The van der Waals surface area contributed by atoms with Crippen LogP contribution in [0.4, 0.5) is 5.69 Å². The summed E-state index contributed by atoms with van der Waals surface area (Å²) in [5, 5.41) is 15.1. The van der Waals surface area contributed by atoms with Crippen molar-refractivity contribution in [2.45, 2.75) is 26.5 Å². The summed E-state index contributed by atoms with van der Waals surface area (Å²) in [5.74, 6) is 0.330. The molecule has 2 atom stereocenters. The quantitative estimate of drug-likeness (QED) is 0.758. The van der Waals surface area contributed by atoms with Crippen LogP contribution in [-0.4, -0.2) is 16.9 Å². The van der Waals surface area contributed by atoms with Crippen molar-refractivity contribution in [1.82, 2.24) is 5.32 Å². The number of rotatable bonds is 6. The first kappa shape index (κ1) is 17.2. The van der Waals surface area contributed by atoms with Crippen molar-refractivity contribution in [3.8, 4) is 0 Å². The van der Waals surface area contributed by atoms with E-state index in [-0.39, 0.29) is 24.3 Å². The van der Waals surface area contributed by atoms with Gasteiger partial charge >= 0.3 is 0 Å². The fourth-order valence-electron chi connectivity index (χ4n) is 2.82. The van der Waals surface area contributed by atoms with Crippen LogP contribution in [0.2, 0.25) is 0 Å². The van der Waals surface area contributed by atoms with E-state index in [0.29, 0.717) is 23.7 Å². The van der Waals surface area contributed by atoms with Gasteiger partial charge in [-0.2, -0.15) is 0 Å². The fraction of sp³-hybridized carbons (Fsp3) is 0.300. The number of carbonyl (C=O) groups is 2. The van der Waals surface area contributed by atoms with Crippen molar-refractivity contribution in [3.05, 3.63) is 65.2 Å². The fourth-order valence-corrected chi connectivity index (χ4v) is 2.82. The largest absolute Gasteiger partial charge is 0.392 e. The van der Waals surface area contributed by atoms with E-state index in [4.69, 9.17) is 0 Å². The second-order valence-corrected chi connectivity index (χ2v) is 6.50. The summed E-state index contributed by atoms with van der Waals surface area (Å²) in [5.41, 5.74) is 2.79. The van der Waals surface area contributed by atoms with E-state index < -0.39 is 0 Å². The van der Waals surface area contributed by atoms with Crippen LogP contribution in [0.5, 0.6) is 0 Å². The molecular weight excluding hydrogens is 316 g/mol. The van der Waals surface area contributed by atoms with Crippen molar-refractivity contribution < 1.29 is 14.7 Å². The number of aliphatic hydroxyl groups excluding tert-OH is 1. The Hall–Kier alpha value is -2.66. The molecule has 0 aliphatic heterocycles. The highest BCUT2D eigenvalue weighted by Gasteiger charge is 2.39. The molecule has 2 aromatic rings. The molecule has 2 amide bonds. The van der Waals surface area contributed by atoms with Crippen LogP contribution in [0.3, 0.4) is 0 Å². The van der Waals surface area contributed by atoms with Gasteiger partial charge in [-0.15, -0.1) is 0 Å². The van der Waals surface area contributed by atoms with Crippen molar-refractivity contribution in [2.75, 3.05) is 5.32 Å². The topological polar surface area (TPSA) is 78.4 Å². The van der Waals surface area contributed by atoms with Crippen molar-refractivity contribution in [3.63, 3.8) is 0 Å². The highest BCUT2D eigenvalue weighted by Crippen LogP contribution is 2.38. The van der Waals surface area contributed by atoms with Gasteiger partial charge in [-0.1, -0.05) is 37.3 Å². The molecule has 3 rings (SSSR count). The SMILES string of the molecule is CC1CC1C(=O)Nc1cccc(C(=O)NCc2ccccc2CO)c1. The number of benzene rings is 2. The summed E-state index contributed by atoms with van der Waals surface area (Å²) >= 11 is 0. The summed E-state index contributed by atoms with van der Waals surface area (Å²) in [6.07, 6.45) is 0.927. The molecule has 1 aliphatic carbocycles. The van der Waals surface area contributed by atoms with Gasteiger partial charge in [0, 0.05) is 23.7 Å². The van der Waals surface area contributed by atoms with Gasteiger partial charge in [-0.25, -0.2) is 0 Å². The Labute approximate surface area is 147 Å². The standard InChI is InChI=1S/C20H22N2O3/c1-13-9-18(13)20(25)22-17-8-4-7-14(10-17)19(24)21-11-15-5-2-3-6-16(15)12-23/h2-8,10,13,18,23H,9,11-12H2,1H3,(H,21,24)(H,22,25). The van der Waals surface area contributed by atoms with E-state index in [1.54, 1.807) is 24.3 Å². The van der Waals surface area contributed by atoms with Gasteiger partial charge in [0.2, 0.25) is 5.91 Å². The summed E-state index contributed by atoms with van der Waals surface area (Å²) in [7, 11) is 0. The van der Waals surface area contributed by atoms with Crippen molar-refractivity contribution in [1.29, 1.82) is 0 Å². The van der Waals surface area contributed by atoms with Crippen LogP contribution in [-0.2, 0) is 17.9 Å². The minimum Gasteiger partial charge on any atom is -0.392 e. The van der Waals surface area contributed by atoms with Gasteiger partial charge in [0.25, 0.3) is 5.91 Å². The maximum atomic E-state index is 12.4. The molecule has 2 unspecified atom stereocenters. The van der Waals surface area contributed by atoms with E-state index in [1.165, 1.54) is 0 Å². The molecular formula is C20H22N2O3. The third-order valence-electron chi connectivity index (χ3n) is 4.57. The normalized spacial score (nSPS) is 18.5. The summed E-state index contributed by atoms with van der Waals surface area (Å²) in [6.45, 7) is 2.33. The number of anilines is 1. The van der Waals surface area contributed by atoms with Gasteiger partial charge in [-0.05, 0) is 41.7 Å². The lowest BCUT2D eigenvalue weighted by Crippen LogP contribution is -2.23. The Kier molecular flexibility index (Phi) is 5.14. The number of aliphatic hydroxyl groups is 1. The molecule has 1 saturated carbocycles. The Balaban J connectivity index is 1.62. The Morgan fingerprint density at radius 2 is 1.84 bits per heavy atom.